The maximum absolute atomic E-state index is 12.8. The highest BCUT2D eigenvalue weighted by molar-refractivity contribution is 7.15. The van der Waals surface area contributed by atoms with Crippen LogP contribution in [0.5, 0.6) is 5.75 Å². The summed E-state index contributed by atoms with van der Waals surface area (Å²) in [5.41, 5.74) is 1.49. The van der Waals surface area contributed by atoms with Crippen LogP contribution in [0.2, 0.25) is 4.47 Å². The zero-order chi connectivity index (χ0) is 19.0. The van der Waals surface area contributed by atoms with Crippen LogP contribution >= 0.6 is 22.9 Å². The highest BCUT2D eigenvalue weighted by Crippen LogP contribution is 2.33. The summed E-state index contributed by atoms with van der Waals surface area (Å²) in [6.07, 6.45) is 5.40. The smallest absolute Gasteiger partial charge is 0.254 e. The number of carbonyl (C=O) groups excluding carboxylic acids is 2. The quantitative estimate of drug-likeness (QED) is 0.793. The van der Waals surface area contributed by atoms with Gasteiger partial charge >= 0.3 is 0 Å². The van der Waals surface area contributed by atoms with Gasteiger partial charge < -0.3 is 9.64 Å². The van der Waals surface area contributed by atoms with Gasteiger partial charge in [0.25, 0.3) is 5.91 Å². The monoisotopic (exact) mass is 399 g/mol. The molecule has 1 aliphatic carbocycles. The molecule has 1 aromatic carbocycles. The van der Waals surface area contributed by atoms with Crippen LogP contribution < -0.4 is 4.74 Å². The van der Waals surface area contributed by atoms with Crippen LogP contribution in [-0.2, 0) is 16.1 Å². The van der Waals surface area contributed by atoms with Crippen molar-refractivity contribution in [2.45, 2.75) is 12.6 Å². The molecule has 27 heavy (non-hydrogen) atoms. The van der Waals surface area contributed by atoms with Gasteiger partial charge in [-0.25, -0.2) is 4.98 Å². The number of thiazole rings is 1. The Morgan fingerprint density at radius 1 is 1.33 bits per heavy atom. The largest absolute Gasteiger partial charge is 0.475 e. The maximum Gasteiger partial charge on any atom is 0.254 e. The highest BCUT2D eigenvalue weighted by atomic mass is 35.5. The third kappa shape index (κ3) is 3.56. The number of ether oxygens (including phenoxy) is 1. The first-order chi connectivity index (χ1) is 13.0. The molecule has 0 radical (unpaired) electrons. The number of hydrogen-bond donors (Lipinski definition) is 0. The van der Waals surface area contributed by atoms with Crippen molar-refractivity contribution in [3.05, 3.63) is 63.1 Å². The molecule has 0 saturated carbocycles. The van der Waals surface area contributed by atoms with E-state index in [1.54, 1.807) is 31.6 Å². The van der Waals surface area contributed by atoms with E-state index in [1.807, 2.05) is 18.2 Å². The SMILES string of the molecule is CN(Cc1cnc(Cl)s1)C(=O)C1=CC(=O)C2Oc3ccccc3N=CC2=C1. The lowest BCUT2D eigenvalue weighted by molar-refractivity contribution is -0.127. The molecule has 0 saturated heterocycles. The van der Waals surface area contributed by atoms with E-state index in [0.29, 0.717) is 33.6 Å². The fourth-order valence-corrected chi connectivity index (χ4v) is 3.89. The molecule has 1 atom stereocenters. The van der Waals surface area contributed by atoms with Crippen LogP contribution in [0.25, 0.3) is 0 Å². The molecular formula is C19H14ClN3O3S. The Bertz CT molecular complexity index is 1020. The lowest BCUT2D eigenvalue weighted by Crippen LogP contribution is -2.34. The van der Waals surface area contributed by atoms with E-state index in [4.69, 9.17) is 16.3 Å². The van der Waals surface area contributed by atoms with Gasteiger partial charge in [-0.1, -0.05) is 23.7 Å². The topological polar surface area (TPSA) is 71.9 Å². The minimum Gasteiger partial charge on any atom is -0.475 e. The number of amides is 1. The van der Waals surface area contributed by atoms with Crippen LogP contribution in [0.4, 0.5) is 5.69 Å². The van der Waals surface area contributed by atoms with Crippen molar-refractivity contribution in [1.29, 1.82) is 0 Å². The average Bonchev–Trinajstić information content (AvgIpc) is 2.96. The van der Waals surface area contributed by atoms with Gasteiger partial charge in [0.15, 0.2) is 10.6 Å². The van der Waals surface area contributed by atoms with Gasteiger partial charge in [0.1, 0.15) is 11.4 Å². The van der Waals surface area contributed by atoms with Crippen molar-refractivity contribution in [3.63, 3.8) is 0 Å². The molecular weight excluding hydrogens is 386 g/mol. The molecule has 136 valence electrons. The standard InChI is InChI=1S/C19H14ClN3O3S/c1-23(10-13-9-22-19(20)27-13)18(25)11-6-12-8-21-14-4-2-3-5-16(14)26-17(12)15(24)7-11/h2-9,17H,10H2,1H3. The molecule has 2 aromatic rings. The first-order valence-corrected chi connectivity index (χ1v) is 9.33. The van der Waals surface area contributed by atoms with Gasteiger partial charge in [-0.05, 0) is 24.3 Å². The van der Waals surface area contributed by atoms with Crippen LogP contribution in [0, 0.1) is 0 Å². The second-order valence-corrected chi connectivity index (χ2v) is 7.81. The number of benzene rings is 1. The summed E-state index contributed by atoms with van der Waals surface area (Å²) in [5.74, 6) is -0.0138. The number of ketones is 1. The Kier molecular flexibility index (Phi) is 4.63. The molecule has 1 aliphatic heterocycles. The molecule has 2 heterocycles. The van der Waals surface area contributed by atoms with E-state index >= 15 is 0 Å². The lowest BCUT2D eigenvalue weighted by atomic mass is 9.95. The first kappa shape index (κ1) is 17.6. The van der Waals surface area contributed by atoms with Gasteiger partial charge in [0, 0.05) is 35.5 Å². The molecule has 1 amide bonds. The van der Waals surface area contributed by atoms with Crippen LogP contribution in [0.3, 0.4) is 0 Å². The molecule has 4 rings (SSSR count). The maximum atomic E-state index is 12.8. The second-order valence-electron chi connectivity index (χ2n) is 6.11. The van der Waals surface area contributed by atoms with Gasteiger partial charge in [0.05, 0.1) is 6.54 Å². The molecule has 0 fully saturated rings. The number of aliphatic imine (C=N–C) groups is 1. The Hall–Kier alpha value is -2.77. The number of nitrogens with zero attached hydrogens (tertiary/aromatic N) is 3. The summed E-state index contributed by atoms with van der Waals surface area (Å²) in [7, 11) is 1.67. The molecule has 1 aromatic heterocycles. The Morgan fingerprint density at radius 2 is 2.15 bits per heavy atom. The van der Waals surface area contributed by atoms with Crippen molar-refractivity contribution in [3.8, 4) is 5.75 Å². The molecule has 0 N–H and O–H groups in total. The van der Waals surface area contributed by atoms with Crippen LogP contribution in [-0.4, -0.2) is 40.9 Å². The van der Waals surface area contributed by atoms with E-state index in [-0.39, 0.29) is 11.7 Å². The van der Waals surface area contributed by atoms with E-state index in [2.05, 4.69) is 9.98 Å². The summed E-state index contributed by atoms with van der Waals surface area (Å²) in [4.78, 5) is 36.1. The van der Waals surface area contributed by atoms with Gasteiger partial charge in [0.2, 0.25) is 5.78 Å². The first-order valence-electron chi connectivity index (χ1n) is 8.14. The van der Waals surface area contributed by atoms with E-state index < -0.39 is 6.10 Å². The minimum atomic E-state index is -0.792. The minimum absolute atomic E-state index is 0.269. The van der Waals surface area contributed by atoms with E-state index in [1.165, 1.54) is 22.3 Å². The molecule has 2 aliphatic rings. The molecule has 8 heteroatoms. The normalized spacial score (nSPS) is 17.9. The van der Waals surface area contributed by atoms with Crippen LogP contribution in [0.1, 0.15) is 4.88 Å². The predicted octanol–water partition coefficient (Wildman–Crippen LogP) is 3.35. The Balaban J connectivity index is 1.57. The van der Waals surface area contributed by atoms with Crippen molar-refractivity contribution >= 4 is 46.5 Å². The predicted molar refractivity (Wildman–Crippen MR) is 104 cm³/mol. The summed E-state index contributed by atoms with van der Waals surface area (Å²) in [6.45, 7) is 0.359. The van der Waals surface area contributed by atoms with Gasteiger partial charge in [-0.15, -0.1) is 11.3 Å². The number of likely N-dealkylation sites (N-methyl/N-ethyl adjacent to an activating group) is 1. The molecule has 0 spiro atoms. The van der Waals surface area contributed by atoms with Crippen molar-refractivity contribution < 1.29 is 14.3 Å². The zero-order valence-corrected chi connectivity index (χ0v) is 15.8. The number of halogens is 1. The van der Waals surface area contributed by atoms with Crippen molar-refractivity contribution in [2.24, 2.45) is 4.99 Å². The lowest BCUT2D eigenvalue weighted by Gasteiger charge is -2.22. The second kappa shape index (κ2) is 7.09. The van der Waals surface area contributed by atoms with Gasteiger partial charge in [-0.3, -0.25) is 14.6 Å². The fraction of sp³-hybridized carbons (Fsp3) is 0.158. The third-order valence-corrected chi connectivity index (χ3v) is 5.26. The number of hydrogen-bond acceptors (Lipinski definition) is 6. The summed E-state index contributed by atoms with van der Waals surface area (Å²) in [6, 6.07) is 7.24. The van der Waals surface area contributed by atoms with Gasteiger partial charge in [-0.2, -0.15) is 0 Å². The Labute approximate surface area is 164 Å². The van der Waals surface area contributed by atoms with Crippen molar-refractivity contribution in [1.82, 2.24) is 9.88 Å². The summed E-state index contributed by atoms with van der Waals surface area (Å²) in [5, 5.41) is 0. The molecule has 6 nitrogen and oxygen atoms in total. The van der Waals surface area contributed by atoms with E-state index in [0.717, 1.165) is 4.88 Å². The number of carbonyl (C=O) groups is 2. The zero-order valence-electron chi connectivity index (χ0n) is 14.3. The highest BCUT2D eigenvalue weighted by Gasteiger charge is 2.31. The van der Waals surface area contributed by atoms with E-state index in [9.17, 15) is 9.59 Å². The molecule has 0 bridgehead atoms. The third-order valence-electron chi connectivity index (χ3n) is 4.16. The summed E-state index contributed by atoms with van der Waals surface area (Å²) >= 11 is 7.14. The number of fused-ring (bicyclic) bond motifs is 2. The van der Waals surface area contributed by atoms with Crippen LogP contribution in [0.15, 0.2) is 58.8 Å². The number of rotatable bonds is 3. The fourth-order valence-electron chi connectivity index (χ4n) is 2.86. The average molecular weight is 400 g/mol. The Morgan fingerprint density at radius 3 is 2.93 bits per heavy atom. The summed E-state index contributed by atoms with van der Waals surface area (Å²) < 4.78 is 6.25. The molecule has 1 unspecified atom stereocenters. The van der Waals surface area contributed by atoms with Crippen molar-refractivity contribution in [2.75, 3.05) is 7.05 Å². The number of para-hydroxylation sites is 2. The number of aromatic nitrogens is 1.